The van der Waals surface area contributed by atoms with Gasteiger partial charge in [0.2, 0.25) is 0 Å². The SMILES string of the molecule is CCCCOC(=O)NCc1c(COC[C@H]2CCCN2)ccc(OCc2ccccc2)c1OCc1ccccc1. The van der Waals surface area contributed by atoms with Crippen LogP contribution in [-0.4, -0.2) is 31.9 Å². The first-order valence-corrected chi connectivity index (χ1v) is 13.9. The van der Waals surface area contributed by atoms with Gasteiger partial charge in [0.05, 0.1) is 26.4 Å². The maximum atomic E-state index is 12.4. The van der Waals surface area contributed by atoms with Gasteiger partial charge in [0.25, 0.3) is 0 Å². The van der Waals surface area contributed by atoms with Gasteiger partial charge in [-0.15, -0.1) is 0 Å². The van der Waals surface area contributed by atoms with Gasteiger partial charge in [-0.25, -0.2) is 4.79 Å². The number of hydrogen-bond acceptors (Lipinski definition) is 6. The lowest BCUT2D eigenvalue weighted by Gasteiger charge is -2.21. The maximum absolute atomic E-state index is 12.4. The van der Waals surface area contributed by atoms with Crippen molar-refractivity contribution in [1.29, 1.82) is 0 Å². The molecule has 0 aliphatic carbocycles. The number of rotatable bonds is 15. The van der Waals surface area contributed by atoms with Crippen LogP contribution in [-0.2, 0) is 35.8 Å². The minimum atomic E-state index is -0.449. The van der Waals surface area contributed by atoms with Gasteiger partial charge >= 0.3 is 6.09 Å². The van der Waals surface area contributed by atoms with Crippen molar-refractivity contribution in [1.82, 2.24) is 10.6 Å². The zero-order valence-corrected chi connectivity index (χ0v) is 22.8. The molecule has 0 aromatic heterocycles. The second kappa shape index (κ2) is 15.8. The molecule has 1 heterocycles. The highest BCUT2D eigenvalue weighted by atomic mass is 16.5. The molecule has 2 N–H and O–H groups in total. The van der Waals surface area contributed by atoms with Crippen molar-refractivity contribution in [2.75, 3.05) is 19.8 Å². The first-order chi connectivity index (χ1) is 19.2. The predicted molar refractivity (Wildman–Crippen MR) is 152 cm³/mol. The average molecular weight is 533 g/mol. The van der Waals surface area contributed by atoms with Crippen LogP contribution in [0.4, 0.5) is 4.79 Å². The fourth-order valence-corrected chi connectivity index (χ4v) is 4.44. The van der Waals surface area contributed by atoms with E-state index in [-0.39, 0.29) is 6.54 Å². The Morgan fingerprint density at radius 1 is 0.923 bits per heavy atom. The molecule has 3 aromatic carbocycles. The second-order valence-electron chi connectivity index (χ2n) is 9.73. The number of ether oxygens (including phenoxy) is 4. The standard InChI is InChI=1S/C32H40N2O5/c1-2-3-19-37-32(35)34-20-29-27(23-36-24-28-15-10-18-33-28)16-17-30(38-21-25-11-6-4-7-12-25)31(29)39-22-26-13-8-5-9-14-26/h4-9,11-14,16-17,28,33H,2-3,10,15,18-24H2,1H3,(H,34,35)/t28-/m1/s1. The van der Waals surface area contributed by atoms with Gasteiger partial charge in [-0.3, -0.25) is 0 Å². The highest BCUT2D eigenvalue weighted by molar-refractivity contribution is 5.67. The lowest BCUT2D eigenvalue weighted by molar-refractivity contribution is 0.102. The van der Waals surface area contributed by atoms with Crippen LogP contribution in [0.3, 0.4) is 0 Å². The van der Waals surface area contributed by atoms with Crippen molar-refractivity contribution in [2.24, 2.45) is 0 Å². The molecular formula is C32H40N2O5. The molecule has 0 radical (unpaired) electrons. The van der Waals surface area contributed by atoms with E-state index in [1.807, 2.05) is 72.8 Å². The lowest BCUT2D eigenvalue weighted by atomic mass is 10.1. The van der Waals surface area contributed by atoms with Crippen LogP contribution in [0.25, 0.3) is 0 Å². The molecule has 1 amide bonds. The van der Waals surface area contributed by atoms with E-state index < -0.39 is 6.09 Å². The normalized spacial score (nSPS) is 14.6. The Morgan fingerprint density at radius 3 is 2.31 bits per heavy atom. The Hall–Kier alpha value is -3.55. The fraction of sp³-hybridized carbons (Fsp3) is 0.406. The zero-order chi connectivity index (χ0) is 27.1. The minimum absolute atomic E-state index is 0.234. The summed E-state index contributed by atoms with van der Waals surface area (Å²) in [6.45, 7) is 5.53. The first-order valence-electron chi connectivity index (χ1n) is 13.9. The lowest BCUT2D eigenvalue weighted by Crippen LogP contribution is -2.27. The number of carbonyl (C=O) groups is 1. The molecule has 1 aliphatic heterocycles. The Morgan fingerprint density at radius 2 is 1.64 bits per heavy atom. The third kappa shape index (κ3) is 9.30. The Bertz CT molecular complexity index is 1130. The van der Waals surface area contributed by atoms with Crippen molar-refractivity contribution < 1.29 is 23.7 Å². The molecule has 4 rings (SSSR count). The first kappa shape index (κ1) is 28.5. The third-order valence-electron chi connectivity index (χ3n) is 6.66. The molecule has 1 saturated heterocycles. The predicted octanol–water partition coefficient (Wildman–Crippen LogP) is 6.14. The highest BCUT2D eigenvalue weighted by Gasteiger charge is 2.20. The summed E-state index contributed by atoms with van der Waals surface area (Å²) in [5.41, 5.74) is 3.86. The van der Waals surface area contributed by atoms with Gasteiger partial charge < -0.3 is 29.6 Å². The van der Waals surface area contributed by atoms with E-state index in [2.05, 4.69) is 17.6 Å². The van der Waals surface area contributed by atoms with E-state index in [9.17, 15) is 4.79 Å². The molecule has 0 spiro atoms. The maximum Gasteiger partial charge on any atom is 0.407 e. The van der Waals surface area contributed by atoms with Crippen LogP contribution >= 0.6 is 0 Å². The van der Waals surface area contributed by atoms with Crippen LogP contribution in [0, 0.1) is 0 Å². The molecule has 7 nitrogen and oxygen atoms in total. The fourth-order valence-electron chi connectivity index (χ4n) is 4.44. The van der Waals surface area contributed by atoms with Crippen molar-refractivity contribution >= 4 is 6.09 Å². The summed E-state index contributed by atoms with van der Waals surface area (Å²) in [5.74, 6) is 1.22. The molecular weight excluding hydrogens is 492 g/mol. The third-order valence-corrected chi connectivity index (χ3v) is 6.66. The Balaban J connectivity index is 1.56. The van der Waals surface area contributed by atoms with Gasteiger partial charge in [-0.1, -0.05) is 80.1 Å². The summed E-state index contributed by atoms with van der Waals surface area (Å²) in [5, 5.41) is 6.37. The Kier molecular flexibility index (Phi) is 11.5. The molecule has 1 atom stereocenters. The van der Waals surface area contributed by atoms with Gasteiger partial charge in [0, 0.05) is 11.6 Å². The molecule has 0 unspecified atom stereocenters. The molecule has 1 aliphatic rings. The second-order valence-corrected chi connectivity index (χ2v) is 9.73. The van der Waals surface area contributed by atoms with Gasteiger partial charge in [0.15, 0.2) is 11.5 Å². The van der Waals surface area contributed by atoms with Crippen molar-refractivity contribution in [3.05, 3.63) is 95.1 Å². The molecule has 0 saturated carbocycles. The van der Waals surface area contributed by atoms with Crippen molar-refractivity contribution in [3.63, 3.8) is 0 Å². The smallest absolute Gasteiger partial charge is 0.407 e. The number of alkyl carbamates (subject to hydrolysis) is 1. The van der Waals surface area contributed by atoms with Gasteiger partial charge in [-0.2, -0.15) is 0 Å². The van der Waals surface area contributed by atoms with E-state index in [0.717, 1.165) is 48.1 Å². The number of benzene rings is 3. The number of amides is 1. The summed E-state index contributed by atoms with van der Waals surface area (Å²) >= 11 is 0. The minimum Gasteiger partial charge on any atom is -0.485 e. The summed E-state index contributed by atoms with van der Waals surface area (Å²) in [6.07, 6.45) is 3.64. The Labute approximate surface area is 231 Å². The van der Waals surface area contributed by atoms with E-state index in [0.29, 0.717) is 50.6 Å². The summed E-state index contributed by atoms with van der Waals surface area (Å²) in [7, 11) is 0. The highest BCUT2D eigenvalue weighted by Crippen LogP contribution is 2.36. The quantitative estimate of drug-likeness (QED) is 0.229. The van der Waals surface area contributed by atoms with E-state index >= 15 is 0 Å². The number of nitrogens with one attached hydrogen (secondary N) is 2. The van der Waals surface area contributed by atoms with Crippen LogP contribution < -0.4 is 20.1 Å². The monoisotopic (exact) mass is 532 g/mol. The number of carbonyl (C=O) groups excluding carboxylic acids is 1. The van der Waals surface area contributed by atoms with Gasteiger partial charge in [0.1, 0.15) is 13.2 Å². The van der Waals surface area contributed by atoms with Crippen LogP contribution in [0.1, 0.15) is 54.9 Å². The average Bonchev–Trinajstić information content (AvgIpc) is 3.49. The van der Waals surface area contributed by atoms with Gasteiger partial charge in [-0.05, 0) is 48.6 Å². The molecule has 7 heteroatoms. The number of unbranched alkanes of at least 4 members (excludes halogenated alkanes) is 1. The van der Waals surface area contributed by atoms with Crippen LogP contribution in [0.5, 0.6) is 11.5 Å². The molecule has 0 bridgehead atoms. The largest absolute Gasteiger partial charge is 0.485 e. The van der Waals surface area contributed by atoms with E-state index in [1.54, 1.807) is 0 Å². The van der Waals surface area contributed by atoms with E-state index in [1.165, 1.54) is 6.42 Å². The zero-order valence-electron chi connectivity index (χ0n) is 22.8. The summed E-state index contributed by atoms with van der Waals surface area (Å²) in [4.78, 5) is 12.4. The molecule has 1 fully saturated rings. The topological polar surface area (TPSA) is 78.1 Å². The van der Waals surface area contributed by atoms with Crippen LogP contribution in [0.2, 0.25) is 0 Å². The van der Waals surface area contributed by atoms with E-state index in [4.69, 9.17) is 18.9 Å². The summed E-state index contributed by atoms with van der Waals surface area (Å²) in [6, 6.07) is 24.3. The van der Waals surface area contributed by atoms with Crippen LogP contribution in [0.15, 0.2) is 72.8 Å². The van der Waals surface area contributed by atoms with Crippen molar-refractivity contribution in [2.45, 2.75) is 65.0 Å². The number of hydrogen-bond donors (Lipinski definition) is 2. The molecule has 39 heavy (non-hydrogen) atoms. The summed E-state index contributed by atoms with van der Waals surface area (Å²) < 4.78 is 24.1. The molecule has 208 valence electrons. The molecule has 3 aromatic rings. The van der Waals surface area contributed by atoms with Crippen molar-refractivity contribution in [3.8, 4) is 11.5 Å².